The molecule has 196 valence electrons. The number of nitrogens with one attached hydrogen (secondary N) is 2. The Bertz CT molecular complexity index is 1600. The second kappa shape index (κ2) is 10.2. The second-order valence-corrected chi connectivity index (χ2v) is 9.55. The van der Waals surface area contributed by atoms with E-state index in [1.54, 1.807) is 28.9 Å². The molecule has 2 amide bonds. The average molecular weight is 524 g/mol. The van der Waals surface area contributed by atoms with E-state index < -0.39 is 23.8 Å². The monoisotopic (exact) mass is 523 g/mol. The van der Waals surface area contributed by atoms with Crippen LogP contribution in [0.15, 0.2) is 83.9 Å². The van der Waals surface area contributed by atoms with Crippen LogP contribution in [0.3, 0.4) is 0 Å². The molecule has 2 aliphatic rings. The molecule has 9 heteroatoms. The summed E-state index contributed by atoms with van der Waals surface area (Å²) >= 11 is 0. The van der Waals surface area contributed by atoms with Crippen molar-refractivity contribution < 1.29 is 18.7 Å². The van der Waals surface area contributed by atoms with E-state index in [1.807, 2.05) is 55.5 Å². The average Bonchev–Trinajstić information content (AvgIpc) is 3.15. The summed E-state index contributed by atoms with van der Waals surface area (Å²) in [6.07, 6.45) is 0.321. The molecular formula is C30H26FN5O3. The first kappa shape index (κ1) is 24.5. The van der Waals surface area contributed by atoms with Gasteiger partial charge in [0, 0.05) is 16.7 Å². The van der Waals surface area contributed by atoms with Crippen molar-refractivity contribution in [2.45, 2.75) is 32.0 Å². The van der Waals surface area contributed by atoms with Gasteiger partial charge in [-0.2, -0.15) is 5.10 Å². The van der Waals surface area contributed by atoms with Gasteiger partial charge in [-0.3, -0.25) is 9.59 Å². The van der Waals surface area contributed by atoms with E-state index in [0.717, 1.165) is 24.0 Å². The van der Waals surface area contributed by atoms with E-state index in [-0.39, 0.29) is 28.7 Å². The SMILES string of the molecule is CC1CCCOc2c(C(=O)N[C@H]3N=C(c4ccccc4)c4ccccc4NC3=O)c(-c3ccccc3F)nn21. The van der Waals surface area contributed by atoms with E-state index in [2.05, 4.69) is 15.7 Å². The Morgan fingerprint density at radius 2 is 1.74 bits per heavy atom. The third kappa shape index (κ3) is 4.56. The van der Waals surface area contributed by atoms with Crippen molar-refractivity contribution in [2.24, 2.45) is 4.99 Å². The van der Waals surface area contributed by atoms with E-state index >= 15 is 0 Å². The number of amides is 2. The number of hydrogen-bond acceptors (Lipinski definition) is 5. The Morgan fingerprint density at radius 1 is 1.03 bits per heavy atom. The lowest BCUT2D eigenvalue weighted by Crippen LogP contribution is -2.42. The number of fused-ring (bicyclic) bond motifs is 2. The van der Waals surface area contributed by atoms with Gasteiger partial charge in [0.05, 0.1) is 24.0 Å². The summed E-state index contributed by atoms with van der Waals surface area (Å²) in [5, 5.41) is 10.3. The summed E-state index contributed by atoms with van der Waals surface area (Å²) in [5.41, 5.74) is 3.07. The number of para-hydroxylation sites is 1. The molecule has 2 atom stereocenters. The van der Waals surface area contributed by atoms with Crippen LogP contribution in [-0.4, -0.2) is 40.1 Å². The highest BCUT2D eigenvalue weighted by atomic mass is 19.1. The maximum absolute atomic E-state index is 14.9. The van der Waals surface area contributed by atoms with Crippen LogP contribution in [0.1, 0.15) is 47.3 Å². The minimum atomic E-state index is -1.26. The Labute approximate surface area is 224 Å². The van der Waals surface area contributed by atoms with Gasteiger partial charge in [-0.15, -0.1) is 0 Å². The van der Waals surface area contributed by atoms with Gasteiger partial charge in [-0.25, -0.2) is 14.1 Å². The van der Waals surface area contributed by atoms with Gasteiger partial charge in [0.25, 0.3) is 11.8 Å². The highest BCUT2D eigenvalue weighted by molar-refractivity contribution is 6.20. The summed E-state index contributed by atoms with van der Waals surface area (Å²) in [6, 6.07) is 22.9. The Morgan fingerprint density at radius 3 is 2.54 bits per heavy atom. The Balaban J connectivity index is 1.44. The highest BCUT2D eigenvalue weighted by Gasteiger charge is 2.34. The van der Waals surface area contributed by atoms with Crippen LogP contribution < -0.4 is 15.4 Å². The van der Waals surface area contributed by atoms with Gasteiger partial charge in [-0.1, -0.05) is 60.7 Å². The van der Waals surface area contributed by atoms with Gasteiger partial charge in [0.1, 0.15) is 17.1 Å². The molecule has 1 unspecified atom stereocenters. The first-order valence-electron chi connectivity index (χ1n) is 12.9. The number of hydrogen-bond donors (Lipinski definition) is 2. The molecule has 0 fully saturated rings. The number of carbonyl (C=O) groups excluding carboxylic acids is 2. The molecule has 0 bridgehead atoms. The number of carbonyl (C=O) groups is 2. The van der Waals surface area contributed by atoms with Crippen LogP contribution in [0.25, 0.3) is 11.3 Å². The molecule has 2 aliphatic heterocycles. The first-order chi connectivity index (χ1) is 19.0. The van der Waals surface area contributed by atoms with Crippen molar-refractivity contribution in [1.29, 1.82) is 0 Å². The lowest BCUT2D eigenvalue weighted by atomic mass is 10.0. The summed E-state index contributed by atoms with van der Waals surface area (Å²) in [6.45, 7) is 2.37. The molecule has 0 aliphatic carbocycles. The standard InChI is InChI=1S/C30H26FN5O3/c1-18-10-9-17-39-30-24(26(35-36(18)30)20-13-5-7-15-22(20)31)28(37)34-27-29(38)32-23-16-8-6-14-21(23)25(33-27)19-11-3-2-4-12-19/h2-8,11-16,18,27H,9-10,17H2,1H3,(H,32,38)(H,34,37)/t18?,27-/m1/s1. The number of aliphatic imine (C=N–C) groups is 1. The molecule has 39 heavy (non-hydrogen) atoms. The van der Waals surface area contributed by atoms with E-state index in [9.17, 15) is 14.0 Å². The zero-order chi connectivity index (χ0) is 26.9. The van der Waals surface area contributed by atoms with Gasteiger partial charge in [0.2, 0.25) is 12.0 Å². The van der Waals surface area contributed by atoms with Crippen LogP contribution in [0.4, 0.5) is 10.1 Å². The number of halogens is 1. The molecule has 4 aromatic rings. The number of rotatable bonds is 4. The third-order valence-corrected chi connectivity index (χ3v) is 6.91. The van der Waals surface area contributed by atoms with Crippen LogP contribution in [-0.2, 0) is 4.79 Å². The molecule has 1 aromatic heterocycles. The second-order valence-electron chi connectivity index (χ2n) is 9.55. The lowest BCUT2D eigenvalue weighted by Gasteiger charge is -2.15. The summed E-state index contributed by atoms with van der Waals surface area (Å²) < 4.78 is 22.5. The van der Waals surface area contributed by atoms with Crippen molar-refractivity contribution in [1.82, 2.24) is 15.1 Å². The van der Waals surface area contributed by atoms with E-state index in [4.69, 9.17) is 9.73 Å². The fraction of sp³-hybridized carbons (Fsp3) is 0.200. The Kier molecular flexibility index (Phi) is 6.40. The molecular weight excluding hydrogens is 497 g/mol. The van der Waals surface area contributed by atoms with Gasteiger partial charge in [-0.05, 0) is 38.0 Å². The summed E-state index contributed by atoms with van der Waals surface area (Å²) in [4.78, 5) is 32.0. The Hall–Kier alpha value is -4.79. The molecule has 0 spiro atoms. The van der Waals surface area contributed by atoms with Gasteiger partial charge < -0.3 is 15.4 Å². The number of benzodiazepines with no additional fused rings is 1. The molecule has 8 nitrogen and oxygen atoms in total. The topological polar surface area (TPSA) is 97.6 Å². The number of benzene rings is 3. The summed E-state index contributed by atoms with van der Waals surface area (Å²) in [7, 11) is 0. The van der Waals surface area contributed by atoms with Crippen molar-refractivity contribution in [3.63, 3.8) is 0 Å². The van der Waals surface area contributed by atoms with Gasteiger partial charge >= 0.3 is 0 Å². The van der Waals surface area contributed by atoms with Crippen molar-refractivity contribution >= 4 is 23.2 Å². The van der Waals surface area contributed by atoms with Crippen LogP contribution >= 0.6 is 0 Å². The number of ether oxygens (including phenoxy) is 1. The predicted octanol–water partition coefficient (Wildman–Crippen LogP) is 4.97. The zero-order valence-electron chi connectivity index (χ0n) is 21.2. The third-order valence-electron chi connectivity index (χ3n) is 6.91. The molecule has 0 saturated heterocycles. The van der Waals surface area contributed by atoms with Crippen molar-refractivity contribution in [2.75, 3.05) is 11.9 Å². The first-order valence-corrected chi connectivity index (χ1v) is 12.9. The maximum Gasteiger partial charge on any atom is 0.269 e. The smallest absolute Gasteiger partial charge is 0.269 e. The van der Waals surface area contributed by atoms with Crippen LogP contribution in [0, 0.1) is 5.82 Å². The number of nitrogens with zero attached hydrogens (tertiary/aromatic N) is 3. The number of aromatic nitrogens is 2. The summed E-state index contributed by atoms with van der Waals surface area (Å²) in [5.74, 6) is -1.40. The normalized spacial score (nSPS) is 18.4. The molecule has 6 rings (SSSR count). The molecule has 0 radical (unpaired) electrons. The number of anilines is 1. The molecule has 2 N–H and O–H groups in total. The van der Waals surface area contributed by atoms with Crippen LogP contribution in [0.5, 0.6) is 5.88 Å². The fourth-order valence-corrected chi connectivity index (χ4v) is 4.95. The van der Waals surface area contributed by atoms with E-state index in [1.165, 1.54) is 6.07 Å². The minimum Gasteiger partial charge on any atom is -0.477 e. The zero-order valence-corrected chi connectivity index (χ0v) is 21.2. The minimum absolute atomic E-state index is 0.0621. The van der Waals surface area contributed by atoms with E-state index in [0.29, 0.717) is 18.0 Å². The fourth-order valence-electron chi connectivity index (χ4n) is 4.95. The van der Waals surface area contributed by atoms with Gasteiger partial charge in [0.15, 0.2) is 0 Å². The molecule has 3 heterocycles. The van der Waals surface area contributed by atoms with Crippen molar-refractivity contribution in [3.8, 4) is 17.1 Å². The maximum atomic E-state index is 14.9. The largest absolute Gasteiger partial charge is 0.477 e. The molecule has 3 aromatic carbocycles. The lowest BCUT2D eigenvalue weighted by molar-refractivity contribution is -0.117. The molecule has 0 saturated carbocycles. The van der Waals surface area contributed by atoms with Crippen molar-refractivity contribution in [3.05, 3.63) is 101 Å². The predicted molar refractivity (Wildman–Crippen MR) is 145 cm³/mol. The van der Waals surface area contributed by atoms with Crippen LogP contribution in [0.2, 0.25) is 0 Å². The quantitative estimate of drug-likeness (QED) is 0.395. The highest BCUT2D eigenvalue weighted by Crippen LogP contribution is 2.36.